The zero-order chi connectivity index (χ0) is 16.1. The predicted molar refractivity (Wildman–Crippen MR) is 90.7 cm³/mol. The lowest BCUT2D eigenvalue weighted by Gasteiger charge is -2.16. The van der Waals surface area contributed by atoms with Gasteiger partial charge in [-0.15, -0.1) is 11.3 Å². The summed E-state index contributed by atoms with van der Waals surface area (Å²) in [6.45, 7) is 6.16. The average Bonchev–Trinajstić information content (AvgIpc) is 2.94. The van der Waals surface area contributed by atoms with Crippen LogP contribution in [0.2, 0.25) is 0 Å². The van der Waals surface area contributed by atoms with Crippen molar-refractivity contribution in [3.8, 4) is 11.3 Å². The van der Waals surface area contributed by atoms with Crippen LogP contribution in [0.15, 0.2) is 34.0 Å². The minimum absolute atomic E-state index is 0.0183. The highest BCUT2D eigenvalue weighted by Gasteiger charge is 2.12. The third-order valence-electron chi connectivity index (χ3n) is 3.34. The minimum Gasteiger partial charge on any atom is -0.353 e. The smallest absolute Gasteiger partial charge is 0.230 e. The lowest BCUT2D eigenvalue weighted by Crippen LogP contribution is -2.37. The Morgan fingerprint density at radius 1 is 1.32 bits per heavy atom. The van der Waals surface area contributed by atoms with Gasteiger partial charge in [-0.2, -0.15) is 0 Å². The number of thioether (sulfide) groups is 1. The quantitative estimate of drug-likeness (QED) is 0.803. The first-order valence-electron chi connectivity index (χ1n) is 7.09. The fourth-order valence-electron chi connectivity index (χ4n) is 1.67. The summed E-state index contributed by atoms with van der Waals surface area (Å²) in [4.78, 5) is 16.3. The minimum atomic E-state index is -0.260. The fourth-order valence-corrected chi connectivity index (χ4v) is 3.31. The van der Waals surface area contributed by atoms with E-state index in [2.05, 4.69) is 24.1 Å². The molecule has 1 N–H and O–H groups in total. The molecule has 0 saturated heterocycles. The van der Waals surface area contributed by atoms with Gasteiger partial charge in [0.2, 0.25) is 5.91 Å². The van der Waals surface area contributed by atoms with Crippen molar-refractivity contribution in [2.24, 2.45) is 5.92 Å². The monoisotopic (exact) mass is 338 g/mol. The Bertz CT molecular complexity index is 625. The molecule has 0 fully saturated rings. The molecule has 0 bridgehead atoms. The van der Waals surface area contributed by atoms with Crippen molar-refractivity contribution < 1.29 is 9.18 Å². The van der Waals surface area contributed by atoms with Crippen LogP contribution in [-0.2, 0) is 4.79 Å². The summed E-state index contributed by atoms with van der Waals surface area (Å²) in [5, 5.41) is 4.89. The first kappa shape index (κ1) is 17.0. The summed E-state index contributed by atoms with van der Waals surface area (Å²) in [5.74, 6) is 0.529. The van der Waals surface area contributed by atoms with Gasteiger partial charge in [0.25, 0.3) is 0 Å². The van der Waals surface area contributed by atoms with Crippen LogP contribution >= 0.6 is 23.1 Å². The maximum atomic E-state index is 12.9. The molecule has 2 aromatic rings. The summed E-state index contributed by atoms with van der Waals surface area (Å²) in [7, 11) is 0. The Balaban J connectivity index is 1.90. The summed E-state index contributed by atoms with van der Waals surface area (Å²) in [6, 6.07) is 6.41. The van der Waals surface area contributed by atoms with Crippen molar-refractivity contribution >= 4 is 29.0 Å². The molecule has 0 unspecified atom stereocenters. The molecule has 0 radical (unpaired) electrons. The van der Waals surface area contributed by atoms with Crippen molar-refractivity contribution in [2.75, 3.05) is 5.75 Å². The molecular weight excluding hydrogens is 319 g/mol. The van der Waals surface area contributed by atoms with Crippen molar-refractivity contribution in [1.82, 2.24) is 10.3 Å². The number of benzene rings is 1. The molecule has 2 rings (SSSR count). The molecule has 0 aliphatic heterocycles. The lowest BCUT2D eigenvalue weighted by molar-refractivity contribution is -0.119. The third kappa shape index (κ3) is 4.81. The summed E-state index contributed by atoms with van der Waals surface area (Å²) < 4.78 is 13.8. The number of hydrogen-bond donors (Lipinski definition) is 1. The number of carbonyl (C=O) groups excluding carboxylic acids is 1. The van der Waals surface area contributed by atoms with E-state index in [9.17, 15) is 9.18 Å². The molecule has 118 valence electrons. The standard InChI is InChI=1S/C16H19FN2OS2/c1-10(2)11(3)18-15(20)9-22-16-19-14(8-21-16)12-4-6-13(17)7-5-12/h4-8,10-11H,9H2,1-3H3,(H,18,20)/t11-/m1/s1. The van der Waals surface area contributed by atoms with Crippen LogP contribution in [0.3, 0.4) is 0 Å². The zero-order valence-corrected chi connectivity index (χ0v) is 14.4. The van der Waals surface area contributed by atoms with Crippen molar-refractivity contribution in [3.05, 3.63) is 35.5 Å². The second-order valence-electron chi connectivity index (χ2n) is 5.39. The molecule has 1 aromatic carbocycles. The van der Waals surface area contributed by atoms with Crippen LogP contribution in [0, 0.1) is 11.7 Å². The van der Waals surface area contributed by atoms with Crippen molar-refractivity contribution in [1.29, 1.82) is 0 Å². The molecular formula is C16H19FN2OS2. The maximum Gasteiger partial charge on any atom is 0.230 e. The predicted octanol–water partition coefficient (Wildman–Crippen LogP) is 4.20. The highest BCUT2D eigenvalue weighted by atomic mass is 32.2. The van der Waals surface area contributed by atoms with E-state index >= 15 is 0 Å². The Labute approximate surface area is 138 Å². The van der Waals surface area contributed by atoms with Crippen molar-refractivity contribution in [2.45, 2.75) is 31.2 Å². The Hall–Kier alpha value is -1.40. The van der Waals surface area contributed by atoms with E-state index in [0.29, 0.717) is 11.7 Å². The summed E-state index contributed by atoms with van der Waals surface area (Å²) in [5.41, 5.74) is 1.69. The number of rotatable bonds is 6. The highest BCUT2D eigenvalue weighted by Crippen LogP contribution is 2.28. The second kappa shape index (κ2) is 7.74. The van der Waals surface area contributed by atoms with Crippen molar-refractivity contribution in [3.63, 3.8) is 0 Å². The van der Waals surface area contributed by atoms with Crippen LogP contribution < -0.4 is 5.32 Å². The number of thiazole rings is 1. The van der Waals surface area contributed by atoms with Gasteiger partial charge in [-0.05, 0) is 37.1 Å². The number of carbonyl (C=O) groups is 1. The molecule has 0 spiro atoms. The van der Waals surface area contributed by atoms with Gasteiger partial charge in [0.1, 0.15) is 5.82 Å². The first-order valence-corrected chi connectivity index (χ1v) is 8.96. The van der Waals surface area contributed by atoms with Crippen LogP contribution in [0.5, 0.6) is 0 Å². The number of nitrogens with zero attached hydrogens (tertiary/aromatic N) is 1. The molecule has 1 atom stereocenters. The SMILES string of the molecule is CC(C)[C@@H](C)NC(=O)CSc1nc(-c2ccc(F)cc2)cs1. The van der Waals surface area contributed by atoms with Gasteiger partial charge in [-0.3, -0.25) is 4.79 Å². The van der Waals surface area contributed by atoms with Crippen LogP contribution in [0.4, 0.5) is 4.39 Å². The highest BCUT2D eigenvalue weighted by molar-refractivity contribution is 8.01. The Kier molecular flexibility index (Phi) is 5.97. The van der Waals surface area contributed by atoms with Crippen LogP contribution in [-0.4, -0.2) is 22.7 Å². The number of aromatic nitrogens is 1. The largest absolute Gasteiger partial charge is 0.353 e. The number of halogens is 1. The van der Waals surface area contributed by atoms with Gasteiger partial charge in [-0.25, -0.2) is 9.37 Å². The van der Waals surface area contributed by atoms with E-state index in [-0.39, 0.29) is 17.8 Å². The molecule has 6 heteroatoms. The Morgan fingerprint density at radius 3 is 2.64 bits per heavy atom. The van der Waals surface area contributed by atoms with Gasteiger partial charge in [-0.1, -0.05) is 25.6 Å². The van der Waals surface area contributed by atoms with E-state index < -0.39 is 0 Å². The molecule has 0 aliphatic carbocycles. The fraction of sp³-hybridized carbons (Fsp3) is 0.375. The summed E-state index contributed by atoms with van der Waals surface area (Å²) in [6.07, 6.45) is 0. The topological polar surface area (TPSA) is 42.0 Å². The molecule has 1 heterocycles. The van der Waals surface area contributed by atoms with E-state index in [0.717, 1.165) is 15.6 Å². The van der Waals surface area contributed by atoms with Gasteiger partial charge in [0.15, 0.2) is 4.34 Å². The van der Waals surface area contributed by atoms with Gasteiger partial charge >= 0.3 is 0 Å². The van der Waals surface area contributed by atoms with Crippen LogP contribution in [0.1, 0.15) is 20.8 Å². The lowest BCUT2D eigenvalue weighted by atomic mass is 10.1. The second-order valence-corrected chi connectivity index (χ2v) is 7.47. The van der Waals surface area contributed by atoms with E-state index in [4.69, 9.17) is 0 Å². The van der Waals surface area contributed by atoms with Gasteiger partial charge < -0.3 is 5.32 Å². The third-order valence-corrected chi connectivity index (χ3v) is 5.36. The molecule has 22 heavy (non-hydrogen) atoms. The summed E-state index contributed by atoms with van der Waals surface area (Å²) >= 11 is 2.92. The van der Waals surface area contributed by atoms with Gasteiger partial charge in [0, 0.05) is 17.0 Å². The molecule has 0 saturated carbocycles. The molecule has 1 amide bonds. The van der Waals surface area contributed by atoms with Crippen LogP contribution in [0.25, 0.3) is 11.3 Å². The molecule has 3 nitrogen and oxygen atoms in total. The molecule has 0 aliphatic rings. The normalized spacial score (nSPS) is 12.4. The van der Waals surface area contributed by atoms with Gasteiger partial charge in [0.05, 0.1) is 11.4 Å². The van der Waals surface area contributed by atoms with E-state index in [1.165, 1.54) is 35.2 Å². The number of nitrogens with one attached hydrogen (secondary N) is 1. The molecule has 1 aromatic heterocycles. The number of amides is 1. The zero-order valence-electron chi connectivity index (χ0n) is 12.8. The van der Waals surface area contributed by atoms with E-state index in [1.54, 1.807) is 12.1 Å². The number of hydrogen-bond acceptors (Lipinski definition) is 4. The first-order chi connectivity index (χ1) is 10.5. The van der Waals surface area contributed by atoms with E-state index in [1.807, 2.05) is 12.3 Å². The Morgan fingerprint density at radius 2 is 2.00 bits per heavy atom. The maximum absolute atomic E-state index is 12.9. The average molecular weight is 338 g/mol.